The summed E-state index contributed by atoms with van der Waals surface area (Å²) in [6.45, 7) is 3.67. The number of aryl methyl sites for hydroxylation is 1. The van der Waals surface area contributed by atoms with Crippen molar-refractivity contribution in [1.82, 2.24) is 10.3 Å². The molecular weight excluding hydrogens is 220 g/mol. The van der Waals surface area contributed by atoms with Gasteiger partial charge in [0, 0.05) is 18.8 Å². The molecule has 0 spiro atoms. The van der Waals surface area contributed by atoms with Crippen LogP contribution in [0.15, 0.2) is 54.6 Å². The summed E-state index contributed by atoms with van der Waals surface area (Å²) >= 11 is 0. The highest BCUT2D eigenvalue weighted by Crippen LogP contribution is 2.00. The molecular formula is C16H18N2. The topological polar surface area (TPSA) is 24.9 Å². The lowest BCUT2D eigenvalue weighted by Gasteiger charge is -2.02. The van der Waals surface area contributed by atoms with Gasteiger partial charge in [0.2, 0.25) is 0 Å². The van der Waals surface area contributed by atoms with Crippen molar-refractivity contribution >= 4 is 6.08 Å². The molecule has 2 rings (SSSR count). The molecule has 0 aliphatic carbocycles. The van der Waals surface area contributed by atoms with E-state index in [1.165, 1.54) is 5.56 Å². The van der Waals surface area contributed by atoms with E-state index in [4.69, 9.17) is 0 Å². The van der Waals surface area contributed by atoms with Gasteiger partial charge in [0.15, 0.2) is 0 Å². The third-order valence-corrected chi connectivity index (χ3v) is 2.62. The van der Waals surface area contributed by atoms with Crippen LogP contribution in [0.25, 0.3) is 6.08 Å². The van der Waals surface area contributed by atoms with Gasteiger partial charge < -0.3 is 5.32 Å². The van der Waals surface area contributed by atoms with Crippen LogP contribution in [0, 0.1) is 6.92 Å². The fourth-order valence-electron chi connectivity index (χ4n) is 1.74. The van der Waals surface area contributed by atoms with Gasteiger partial charge in [-0.25, -0.2) is 0 Å². The normalized spacial score (nSPS) is 10.9. The Labute approximate surface area is 108 Å². The summed E-state index contributed by atoms with van der Waals surface area (Å²) in [7, 11) is 0. The number of aromatic nitrogens is 1. The van der Waals surface area contributed by atoms with Crippen LogP contribution in [0.3, 0.4) is 0 Å². The van der Waals surface area contributed by atoms with Gasteiger partial charge in [-0.05, 0) is 24.6 Å². The molecule has 0 aliphatic rings. The maximum absolute atomic E-state index is 4.44. The largest absolute Gasteiger partial charge is 0.308 e. The van der Waals surface area contributed by atoms with Gasteiger partial charge >= 0.3 is 0 Å². The quantitative estimate of drug-likeness (QED) is 0.809. The van der Waals surface area contributed by atoms with Gasteiger partial charge in [-0.2, -0.15) is 0 Å². The molecule has 0 aliphatic heterocycles. The van der Waals surface area contributed by atoms with Crippen molar-refractivity contribution in [3.8, 4) is 0 Å². The van der Waals surface area contributed by atoms with E-state index in [0.29, 0.717) is 0 Å². The van der Waals surface area contributed by atoms with Crippen molar-refractivity contribution in [2.45, 2.75) is 13.5 Å². The summed E-state index contributed by atoms with van der Waals surface area (Å²) in [6, 6.07) is 16.4. The average molecular weight is 238 g/mol. The monoisotopic (exact) mass is 238 g/mol. The summed E-state index contributed by atoms with van der Waals surface area (Å²) in [6.07, 6.45) is 4.25. The third-order valence-electron chi connectivity index (χ3n) is 2.62. The zero-order valence-corrected chi connectivity index (χ0v) is 10.6. The smallest absolute Gasteiger partial charge is 0.0544 e. The molecule has 0 amide bonds. The molecule has 2 nitrogen and oxygen atoms in total. The number of hydrogen-bond acceptors (Lipinski definition) is 2. The first-order valence-electron chi connectivity index (χ1n) is 6.19. The number of nitrogens with zero attached hydrogens (tertiary/aromatic N) is 1. The van der Waals surface area contributed by atoms with E-state index in [2.05, 4.69) is 34.6 Å². The van der Waals surface area contributed by atoms with Crippen LogP contribution in [0.5, 0.6) is 0 Å². The molecule has 2 heteroatoms. The molecule has 0 unspecified atom stereocenters. The van der Waals surface area contributed by atoms with E-state index in [0.717, 1.165) is 24.5 Å². The van der Waals surface area contributed by atoms with Gasteiger partial charge in [-0.3, -0.25) is 4.98 Å². The first-order chi connectivity index (χ1) is 8.84. The standard InChI is InChI=1S/C16H18N2/c1-14-7-5-11-16(18-14)13-17-12-6-10-15-8-3-2-4-9-15/h2-11,17H,12-13H2,1H3. The minimum atomic E-state index is 0.806. The molecule has 92 valence electrons. The van der Waals surface area contributed by atoms with Crippen molar-refractivity contribution in [3.05, 3.63) is 71.6 Å². The highest BCUT2D eigenvalue weighted by molar-refractivity contribution is 5.48. The van der Waals surface area contributed by atoms with Crippen LogP contribution in [0.1, 0.15) is 17.0 Å². The minimum Gasteiger partial charge on any atom is -0.308 e. The second kappa shape index (κ2) is 6.72. The lowest BCUT2D eigenvalue weighted by atomic mass is 10.2. The Morgan fingerprint density at radius 3 is 2.67 bits per heavy atom. The van der Waals surface area contributed by atoms with Crippen LogP contribution >= 0.6 is 0 Å². The van der Waals surface area contributed by atoms with Crippen molar-refractivity contribution < 1.29 is 0 Å². The zero-order chi connectivity index (χ0) is 12.6. The zero-order valence-electron chi connectivity index (χ0n) is 10.6. The molecule has 2 aromatic rings. The highest BCUT2D eigenvalue weighted by Gasteiger charge is 1.92. The van der Waals surface area contributed by atoms with Crippen LogP contribution in [0.2, 0.25) is 0 Å². The fraction of sp³-hybridized carbons (Fsp3) is 0.188. The average Bonchev–Trinajstić information content (AvgIpc) is 2.40. The highest BCUT2D eigenvalue weighted by atomic mass is 14.9. The Morgan fingerprint density at radius 1 is 1.06 bits per heavy atom. The van der Waals surface area contributed by atoms with Gasteiger partial charge in [-0.15, -0.1) is 0 Å². The molecule has 0 bridgehead atoms. The molecule has 0 atom stereocenters. The van der Waals surface area contributed by atoms with Crippen LogP contribution in [-0.2, 0) is 6.54 Å². The van der Waals surface area contributed by atoms with Crippen molar-refractivity contribution in [2.24, 2.45) is 0 Å². The van der Waals surface area contributed by atoms with E-state index < -0.39 is 0 Å². The number of nitrogens with one attached hydrogen (secondary N) is 1. The van der Waals surface area contributed by atoms with Crippen LogP contribution < -0.4 is 5.32 Å². The number of hydrogen-bond donors (Lipinski definition) is 1. The first kappa shape index (κ1) is 12.5. The fourth-order valence-corrected chi connectivity index (χ4v) is 1.74. The molecule has 0 saturated carbocycles. The Balaban J connectivity index is 1.75. The summed E-state index contributed by atoms with van der Waals surface area (Å²) in [5, 5.41) is 3.35. The Hall–Kier alpha value is -1.93. The number of benzene rings is 1. The maximum atomic E-state index is 4.44. The van der Waals surface area contributed by atoms with E-state index in [9.17, 15) is 0 Å². The molecule has 0 fully saturated rings. The third kappa shape index (κ3) is 4.15. The predicted octanol–water partition coefficient (Wildman–Crippen LogP) is 3.19. The molecule has 18 heavy (non-hydrogen) atoms. The second-order valence-electron chi connectivity index (χ2n) is 4.21. The summed E-state index contributed by atoms with van der Waals surface area (Å²) in [5.41, 5.74) is 3.38. The van der Waals surface area contributed by atoms with Crippen molar-refractivity contribution in [3.63, 3.8) is 0 Å². The lowest BCUT2D eigenvalue weighted by molar-refractivity contribution is 0.738. The molecule has 1 aromatic carbocycles. The molecule has 0 saturated heterocycles. The Kier molecular flexibility index (Phi) is 4.68. The van der Waals surface area contributed by atoms with E-state index >= 15 is 0 Å². The van der Waals surface area contributed by atoms with E-state index in [-0.39, 0.29) is 0 Å². The van der Waals surface area contributed by atoms with Gasteiger partial charge in [0.25, 0.3) is 0 Å². The van der Waals surface area contributed by atoms with Crippen molar-refractivity contribution in [2.75, 3.05) is 6.54 Å². The predicted molar refractivity (Wildman–Crippen MR) is 76.2 cm³/mol. The number of pyridine rings is 1. The summed E-state index contributed by atoms with van der Waals surface area (Å²) in [4.78, 5) is 4.44. The Bertz CT molecular complexity index is 504. The first-order valence-corrected chi connectivity index (χ1v) is 6.19. The van der Waals surface area contributed by atoms with Crippen LogP contribution in [0.4, 0.5) is 0 Å². The molecule has 1 aromatic heterocycles. The van der Waals surface area contributed by atoms with Crippen molar-refractivity contribution in [1.29, 1.82) is 0 Å². The lowest BCUT2D eigenvalue weighted by Crippen LogP contribution is -2.13. The Morgan fingerprint density at radius 2 is 1.89 bits per heavy atom. The second-order valence-corrected chi connectivity index (χ2v) is 4.21. The minimum absolute atomic E-state index is 0.806. The SMILES string of the molecule is Cc1cccc(CNCC=Cc2ccccc2)n1. The number of rotatable bonds is 5. The molecule has 1 N–H and O–H groups in total. The van der Waals surface area contributed by atoms with Gasteiger partial charge in [-0.1, -0.05) is 48.6 Å². The summed E-state index contributed by atoms with van der Waals surface area (Å²) in [5.74, 6) is 0. The van der Waals surface area contributed by atoms with Crippen LogP contribution in [-0.4, -0.2) is 11.5 Å². The van der Waals surface area contributed by atoms with E-state index in [1.54, 1.807) is 0 Å². The van der Waals surface area contributed by atoms with Gasteiger partial charge in [0.1, 0.15) is 0 Å². The van der Waals surface area contributed by atoms with E-state index in [1.807, 2.05) is 43.3 Å². The maximum Gasteiger partial charge on any atom is 0.0544 e. The molecule has 0 radical (unpaired) electrons. The molecule has 1 heterocycles. The van der Waals surface area contributed by atoms with Gasteiger partial charge in [0.05, 0.1) is 5.69 Å². The summed E-state index contributed by atoms with van der Waals surface area (Å²) < 4.78 is 0.